The lowest BCUT2D eigenvalue weighted by atomic mass is 10.0. The first kappa shape index (κ1) is 13.7. The van der Waals surface area contributed by atoms with Crippen LogP contribution in [0.1, 0.15) is 21.5 Å². The third-order valence-electron chi connectivity index (χ3n) is 4.11. The summed E-state index contributed by atoms with van der Waals surface area (Å²) in [4.78, 5) is 25.6. The predicted molar refractivity (Wildman–Crippen MR) is 85.4 cm³/mol. The van der Waals surface area contributed by atoms with Crippen molar-refractivity contribution in [1.82, 2.24) is 0 Å². The van der Waals surface area contributed by atoms with Gasteiger partial charge >= 0.3 is 5.63 Å². The van der Waals surface area contributed by atoms with Gasteiger partial charge in [0.1, 0.15) is 5.58 Å². The Kier molecular flexibility index (Phi) is 3.02. The van der Waals surface area contributed by atoms with E-state index in [4.69, 9.17) is 4.42 Å². The lowest BCUT2D eigenvalue weighted by Crippen LogP contribution is -2.23. The van der Waals surface area contributed by atoms with Crippen LogP contribution in [0.2, 0.25) is 0 Å². The highest BCUT2D eigenvalue weighted by Crippen LogP contribution is 2.31. The van der Waals surface area contributed by atoms with Crippen molar-refractivity contribution < 1.29 is 14.3 Å². The molecule has 0 fully saturated rings. The van der Waals surface area contributed by atoms with Crippen molar-refractivity contribution in [3.63, 3.8) is 0 Å². The van der Waals surface area contributed by atoms with Gasteiger partial charge in [-0.2, -0.15) is 0 Å². The predicted octanol–water partition coefficient (Wildman–Crippen LogP) is 2.45. The van der Waals surface area contributed by atoms with Gasteiger partial charge in [0, 0.05) is 17.1 Å². The fourth-order valence-corrected chi connectivity index (χ4v) is 3.00. The van der Waals surface area contributed by atoms with Crippen molar-refractivity contribution in [2.75, 3.05) is 4.90 Å². The zero-order chi connectivity index (χ0) is 16.0. The summed E-state index contributed by atoms with van der Waals surface area (Å²) >= 11 is 0. The first-order valence-electron chi connectivity index (χ1n) is 7.25. The SMILES string of the molecule is O=C1c2c(CO)cccc2CN1c1ccc2oc(=O)ccc2c1. The van der Waals surface area contributed by atoms with Crippen LogP contribution in [0, 0.1) is 0 Å². The van der Waals surface area contributed by atoms with E-state index < -0.39 is 5.63 Å². The number of aliphatic hydroxyl groups is 1. The molecule has 1 aromatic heterocycles. The Morgan fingerprint density at radius 2 is 1.96 bits per heavy atom. The average Bonchev–Trinajstić information content (AvgIpc) is 2.91. The number of carbonyl (C=O) groups excluding carboxylic acids is 1. The molecule has 5 heteroatoms. The molecule has 0 radical (unpaired) electrons. The average molecular weight is 307 g/mol. The van der Waals surface area contributed by atoms with Gasteiger partial charge in [0.2, 0.25) is 0 Å². The first-order valence-corrected chi connectivity index (χ1v) is 7.25. The molecule has 0 unspecified atom stereocenters. The number of benzene rings is 2. The van der Waals surface area contributed by atoms with Crippen LogP contribution in [0.4, 0.5) is 5.69 Å². The fraction of sp³-hybridized carbons (Fsp3) is 0.111. The van der Waals surface area contributed by atoms with Crippen molar-refractivity contribution in [2.45, 2.75) is 13.2 Å². The second kappa shape index (κ2) is 5.07. The van der Waals surface area contributed by atoms with E-state index in [1.807, 2.05) is 18.2 Å². The van der Waals surface area contributed by atoms with Crippen molar-refractivity contribution in [1.29, 1.82) is 0 Å². The molecule has 0 saturated heterocycles. The minimum absolute atomic E-state index is 0.124. The second-order valence-corrected chi connectivity index (χ2v) is 5.48. The maximum absolute atomic E-state index is 12.7. The van der Waals surface area contributed by atoms with E-state index in [1.54, 1.807) is 29.2 Å². The van der Waals surface area contributed by atoms with Crippen LogP contribution in [0.15, 0.2) is 57.7 Å². The van der Waals surface area contributed by atoms with Gasteiger partial charge in [0.05, 0.1) is 18.7 Å². The Labute approximate surface area is 131 Å². The van der Waals surface area contributed by atoms with Crippen molar-refractivity contribution in [2.24, 2.45) is 0 Å². The number of hydrogen-bond donors (Lipinski definition) is 1. The molecule has 3 aromatic rings. The highest BCUT2D eigenvalue weighted by molar-refractivity contribution is 6.11. The van der Waals surface area contributed by atoms with Crippen LogP contribution in [0.3, 0.4) is 0 Å². The van der Waals surface area contributed by atoms with Crippen LogP contribution >= 0.6 is 0 Å². The van der Waals surface area contributed by atoms with Crippen molar-refractivity contribution in [3.8, 4) is 0 Å². The Hall–Kier alpha value is -2.92. The smallest absolute Gasteiger partial charge is 0.336 e. The van der Waals surface area contributed by atoms with Gasteiger partial charge < -0.3 is 14.4 Å². The molecule has 5 nitrogen and oxygen atoms in total. The number of aliphatic hydroxyl groups excluding tert-OH is 1. The second-order valence-electron chi connectivity index (χ2n) is 5.48. The summed E-state index contributed by atoms with van der Waals surface area (Å²) < 4.78 is 5.11. The summed E-state index contributed by atoms with van der Waals surface area (Å²) in [5.41, 5.74) is 2.94. The molecule has 114 valence electrons. The van der Waals surface area contributed by atoms with Crippen LogP contribution < -0.4 is 10.5 Å². The molecule has 0 spiro atoms. The van der Waals surface area contributed by atoms with Crippen LogP contribution in [0.25, 0.3) is 11.0 Å². The maximum Gasteiger partial charge on any atom is 0.336 e. The maximum atomic E-state index is 12.7. The molecule has 0 atom stereocenters. The number of nitrogens with zero attached hydrogens (tertiary/aromatic N) is 1. The number of fused-ring (bicyclic) bond motifs is 2. The minimum atomic E-state index is -0.400. The number of rotatable bonds is 2. The summed E-state index contributed by atoms with van der Waals surface area (Å²) in [6.07, 6.45) is 0. The van der Waals surface area contributed by atoms with E-state index in [0.29, 0.717) is 23.3 Å². The topological polar surface area (TPSA) is 70.8 Å². The molecule has 0 saturated carbocycles. The van der Waals surface area contributed by atoms with E-state index in [9.17, 15) is 14.7 Å². The van der Waals surface area contributed by atoms with Crippen molar-refractivity contribution >= 4 is 22.6 Å². The summed E-state index contributed by atoms with van der Waals surface area (Å²) in [6, 6.07) is 13.8. The number of hydrogen-bond acceptors (Lipinski definition) is 4. The largest absolute Gasteiger partial charge is 0.423 e. The Bertz CT molecular complexity index is 990. The van der Waals surface area contributed by atoms with Gasteiger partial charge in [-0.25, -0.2) is 4.79 Å². The number of amides is 1. The quantitative estimate of drug-likeness (QED) is 0.738. The highest BCUT2D eigenvalue weighted by atomic mass is 16.4. The highest BCUT2D eigenvalue weighted by Gasteiger charge is 2.30. The minimum Gasteiger partial charge on any atom is -0.423 e. The molecule has 4 rings (SSSR count). The Balaban J connectivity index is 1.79. The third kappa shape index (κ3) is 2.13. The van der Waals surface area contributed by atoms with Gasteiger partial charge in [0.25, 0.3) is 5.91 Å². The number of anilines is 1. The first-order chi connectivity index (χ1) is 11.2. The molecular weight excluding hydrogens is 294 g/mol. The van der Waals surface area contributed by atoms with Crippen molar-refractivity contribution in [3.05, 3.63) is 75.6 Å². The van der Waals surface area contributed by atoms with Gasteiger partial charge in [-0.15, -0.1) is 0 Å². The summed E-state index contributed by atoms with van der Waals surface area (Å²) in [6.45, 7) is 0.302. The molecule has 2 heterocycles. The Morgan fingerprint density at radius 3 is 2.78 bits per heavy atom. The summed E-state index contributed by atoms with van der Waals surface area (Å²) in [5.74, 6) is -0.124. The van der Waals surface area contributed by atoms with E-state index in [0.717, 1.165) is 16.6 Å². The van der Waals surface area contributed by atoms with Gasteiger partial charge in [-0.1, -0.05) is 18.2 Å². The van der Waals surface area contributed by atoms with E-state index in [1.165, 1.54) is 6.07 Å². The Morgan fingerprint density at radius 1 is 1.09 bits per heavy atom. The molecular formula is C18H13NO4. The standard InChI is InChI=1S/C18H13NO4/c20-10-13-3-1-2-12-9-19(18(22)17(12)13)14-5-6-15-11(8-14)4-7-16(21)23-15/h1-8,20H,9-10H2. The molecule has 0 aliphatic carbocycles. The van der Waals surface area contributed by atoms with E-state index in [2.05, 4.69) is 0 Å². The zero-order valence-electron chi connectivity index (χ0n) is 12.2. The van der Waals surface area contributed by atoms with Gasteiger partial charge in [0.15, 0.2) is 0 Å². The third-order valence-corrected chi connectivity index (χ3v) is 4.11. The monoisotopic (exact) mass is 307 g/mol. The summed E-state index contributed by atoms with van der Waals surface area (Å²) in [7, 11) is 0. The van der Waals surface area contributed by atoms with Crippen LogP contribution in [-0.2, 0) is 13.2 Å². The molecule has 0 bridgehead atoms. The van der Waals surface area contributed by atoms with Gasteiger partial charge in [-0.3, -0.25) is 4.79 Å². The molecule has 1 amide bonds. The zero-order valence-corrected chi connectivity index (χ0v) is 12.2. The lowest BCUT2D eigenvalue weighted by Gasteiger charge is -2.16. The van der Waals surface area contributed by atoms with E-state index >= 15 is 0 Å². The molecule has 23 heavy (non-hydrogen) atoms. The fourth-order valence-electron chi connectivity index (χ4n) is 3.00. The van der Waals surface area contributed by atoms with E-state index in [-0.39, 0.29) is 12.5 Å². The summed E-state index contributed by atoms with van der Waals surface area (Å²) in [5, 5.41) is 10.2. The normalized spacial score (nSPS) is 13.6. The van der Waals surface area contributed by atoms with Gasteiger partial charge in [-0.05, 0) is 35.4 Å². The van der Waals surface area contributed by atoms with Crippen LogP contribution in [0.5, 0.6) is 0 Å². The number of carbonyl (C=O) groups is 1. The lowest BCUT2D eigenvalue weighted by molar-refractivity contribution is 0.0994. The molecule has 1 N–H and O–H groups in total. The molecule has 1 aliphatic rings. The molecule has 2 aromatic carbocycles. The molecule has 1 aliphatic heterocycles. The van der Waals surface area contributed by atoms with Crippen LogP contribution in [-0.4, -0.2) is 11.0 Å².